The topological polar surface area (TPSA) is 32.3 Å². The van der Waals surface area contributed by atoms with Crippen LogP contribution in [0.1, 0.15) is 16.7 Å². The number of amides is 1. The Hall–Kier alpha value is -2.10. The molecule has 0 saturated heterocycles. The summed E-state index contributed by atoms with van der Waals surface area (Å²) in [5, 5.41) is 3.60. The van der Waals surface area contributed by atoms with Gasteiger partial charge in [-0.3, -0.25) is 4.79 Å². The number of nitrogens with zero attached hydrogens (tertiary/aromatic N) is 1. The van der Waals surface area contributed by atoms with Crippen LogP contribution in [0.4, 0.5) is 5.69 Å². The third kappa shape index (κ3) is 4.21. The number of fused-ring (bicyclic) bond motifs is 1. The molecule has 1 aliphatic rings. The third-order valence-electron chi connectivity index (χ3n) is 3.97. The first kappa shape index (κ1) is 15.8. The molecule has 0 spiro atoms. The van der Waals surface area contributed by atoms with Crippen molar-refractivity contribution in [2.45, 2.75) is 13.0 Å². The van der Waals surface area contributed by atoms with Gasteiger partial charge in [-0.05, 0) is 60.5 Å². The highest BCUT2D eigenvalue weighted by molar-refractivity contribution is 6.30. The number of rotatable bonds is 3. The number of anilines is 1. The second-order valence-electron chi connectivity index (χ2n) is 5.85. The van der Waals surface area contributed by atoms with Gasteiger partial charge in [0.15, 0.2) is 0 Å². The van der Waals surface area contributed by atoms with Crippen LogP contribution in [0, 0.1) is 0 Å². The van der Waals surface area contributed by atoms with Gasteiger partial charge in [0.1, 0.15) is 0 Å². The summed E-state index contributed by atoms with van der Waals surface area (Å²) in [5.41, 5.74) is 4.44. The Morgan fingerprint density at radius 3 is 2.74 bits per heavy atom. The maximum Gasteiger partial charge on any atom is 0.248 e. The zero-order valence-electron chi connectivity index (χ0n) is 13.1. The van der Waals surface area contributed by atoms with Crippen LogP contribution in [-0.4, -0.2) is 24.4 Å². The lowest BCUT2D eigenvalue weighted by atomic mass is 9.99. The molecule has 0 bridgehead atoms. The summed E-state index contributed by atoms with van der Waals surface area (Å²) < 4.78 is 0. The zero-order chi connectivity index (χ0) is 16.2. The first-order valence-electron chi connectivity index (χ1n) is 7.65. The highest BCUT2D eigenvalue weighted by Crippen LogP contribution is 2.22. The maximum atomic E-state index is 12.1. The normalized spacial score (nSPS) is 14.7. The lowest BCUT2D eigenvalue weighted by Crippen LogP contribution is -2.26. The van der Waals surface area contributed by atoms with Gasteiger partial charge in [0.2, 0.25) is 5.91 Å². The maximum absolute atomic E-state index is 12.1. The fraction of sp³-hybridized carbons (Fsp3) is 0.211. The molecule has 0 fully saturated rings. The van der Waals surface area contributed by atoms with Gasteiger partial charge in [-0.1, -0.05) is 29.8 Å². The van der Waals surface area contributed by atoms with Crippen LogP contribution in [0.3, 0.4) is 0 Å². The Morgan fingerprint density at radius 2 is 1.96 bits per heavy atom. The van der Waals surface area contributed by atoms with Crippen LogP contribution in [0.2, 0.25) is 5.02 Å². The van der Waals surface area contributed by atoms with Crippen molar-refractivity contribution in [3.8, 4) is 0 Å². The molecule has 0 aromatic heterocycles. The largest absolute Gasteiger partial charge is 0.323 e. The summed E-state index contributed by atoms with van der Waals surface area (Å²) in [4.78, 5) is 14.3. The van der Waals surface area contributed by atoms with E-state index in [1.54, 1.807) is 18.2 Å². The van der Waals surface area contributed by atoms with Crippen molar-refractivity contribution in [3.63, 3.8) is 0 Å². The Bertz CT molecular complexity index is 738. The summed E-state index contributed by atoms with van der Waals surface area (Å²) >= 11 is 5.84. The standard InChI is InChI=1S/C19H19ClN2O/c1-22-11-10-15-5-8-18(12-16(15)13-22)21-19(23)9-4-14-2-6-17(20)7-3-14/h2-9,12H,10-11,13H2,1H3,(H,21,23). The number of carbonyl (C=O) groups excluding carboxylic acids is 1. The van der Waals surface area contributed by atoms with Gasteiger partial charge in [-0.25, -0.2) is 0 Å². The average molecular weight is 327 g/mol. The monoisotopic (exact) mass is 326 g/mol. The molecule has 1 amide bonds. The first-order valence-corrected chi connectivity index (χ1v) is 8.03. The highest BCUT2D eigenvalue weighted by atomic mass is 35.5. The Balaban J connectivity index is 1.66. The van der Waals surface area contributed by atoms with Gasteiger partial charge < -0.3 is 10.2 Å². The Morgan fingerprint density at radius 1 is 1.17 bits per heavy atom. The predicted octanol–water partition coefficient (Wildman–Crippen LogP) is 3.98. The number of nitrogens with one attached hydrogen (secondary N) is 1. The number of hydrogen-bond acceptors (Lipinski definition) is 2. The van der Waals surface area contributed by atoms with Gasteiger partial charge in [0.05, 0.1) is 0 Å². The van der Waals surface area contributed by atoms with Crippen LogP contribution in [-0.2, 0) is 17.8 Å². The highest BCUT2D eigenvalue weighted by Gasteiger charge is 2.13. The first-order chi connectivity index (χ1) is 11.1. The molecule has 0 atom stereocenters. The molecule has 1 heterocycles. The molecule has 2 aromatic carbocycles. The summed E-state index contributed by atoms with van der Waals surface area (Å²) in [6.45, 7) is 2.02. The Labute approximate surface area is 141 Å². The van der Waals surface area contributed by atoms with E-state index >= 15 is 0 Å². The summed E-state index contributed by atoms with van der Waals surface area (Å²) in [7, 11) is 2.11. The van der Waals surface area contributed by atoms with Crippen molar-refractivity contribution in [1.29, 1.82) is 0 Å². The molecule has 2 aromatic rings. The molecule has 0 unspecified atom stereocenters. The minimum absolute atomic E-state index is 0.135. The van der Waals surface area contributed by atoms with E-state index in [0.29, 0.717) is 5.02 Å². The molecule has 3 rings (SSSR count). The molecule has 118 valence electrons. The van der Waals surface area contributed by atoms with Crippen LogP contribution >= 0.6 is 11.6 Å². The molecule has 0 radical (unpaired) electrons. The van der Waals surface area contributed by atoms with E-state index in [4.69, 9.17) is 11.6 Å². The van der Waals surface area contributed by atoms with Crippen molar-refractivity contribution in [2.24, 2.45) is 0 Å². The molecule has 3 nitrogen and oxygen atoms in total. The van der Waals surface area contributed by atoms with E-state index in [0.717, 1.165) is 30.8 Å². The molecule has 0 aliphatic carbocycles. The van der Waals surface area contributed by atoms with Crippen LogP contribution in [0.5, 0.6) is 0 Å². The molecular weight excluding hydrogens is 308 g/mol. The van der Waals surface area contributed by atoms with E-state index in [1.807, 2.05) is 18.2 Å². The van der Waals surface area contributed by atoms with Crippen LogP contribution in [0.25, 0.3) is 6.08 Å². The SMILES string of the molecule is CN1CCc2ccc(NC(=O)C=Cc3ccc(Cl)cc3)cc2C1. The summed E-state index contributed by atoms with van der Waals surface area (Å²) in [6, 6.07) is 13.5. The van der Waals surface area contributed by atoms with Crippen molar-refractivity contribution >= 4 is 29.3 Å². The van der Waals surface area contributed by atoms with Gasteiger partial charge >= 0.3 is 0 Å². The van der Waals surface area contributed by atoms with Crippen molar-refractivity contribution < 1.29 is 4.79 Å². The zero-order valence-corrected chi connectivity index (χ0v) is 13.8. The smallest absolute Gasteiger partial charge is 0.248 e. The van der Waals surface area contributed by atoms with Gasteiger partial charge in [-0.2, -0.15) is 0 Å². The summed E-state index contributed by atoms with van der Waals surface area (Å²) in [5.74, 6) is -0.135. The third-order valence-corrected chi connectivity index (χ3v) is 4.23. The van der Waals surface area contributed by atoms with Gasteiger partial charge in [0.25, 0.3) is 0 Å². The molecule has 1 N–H and O–H groups in total. The second kappa shape index (κ2) is 6.99. The average Bonchev–Trinajstić information content (AvgIpc) is 2.54. The molecular formula is C19H19ClN2O. The van der Waals surface area contributed by atoms with E-state index in [9.17, 15) is 4.79 Å². The fourth-order valence-electron chi connectivity index (χ4n) is 2.71. The Kier molecular flexibility index (Phi) is 4.79. The van der Waals surface area contributed by atoms with Crippen LogP contribution in [0.15, 0.2) is 48.5 Å². The fourth-order valence-corrected chi connectivity index (χ4v) is 2.83. The van der Waals surface area contributed by atoms with Crippen molar-refractivity contribution in [1.82, 2.24) is 4.90 Å². The minimum Gasteiger partial charge on any atom is -0.323 e. The minimum atomic E-state index is -0.135. The van der Waals surface area contributed by atoms with E-state index in [-0.39, 0.29) is 5.91 Å². The van der Waals surface area contributed by atoms with Crippen molar-refractivity contribution in [3.05, 3.63) is 70.3 Å². The predicted molar refractivity (Wildman–Crippen MR) is 95.6 cm³/mol. The summed E-state index contributed by atoms with van der Waals surface area (Å²) in [6.07, 6.45) is 4.38. The van der Waals surface area contributed by atoms with E-state index in [2.05, 4.69) is 29.4 Å². The number of halogens is 1. The number of hydrogen-bond donors (Lipinski definition) is 1. The van der Waals surface area contributed by atoms with E-state index in [1.165, 1.54) is 17.2 Å². The van der Waals surface area contributed by atoms with E-state index < -0.39 is 0 Å². The van der Waals surface area contributed by atoms with Gasteiger partial charge in [-0.15, -0.1) is 0 Å². The van der Waals surface area contributed by atoms with Crippen molar-refractivity contribution in [2.75, 3.05) is 18.9 Å². The number of carbonyl (C=O) groups is 1. The molecule has 1 aliphatic heterocycles. The molecule has 0 saturated carbocycles. The van der Waals surface area contributed by atoms with Crippen LogP contribution < -0.4 is 5.32 Å². The number of benzene rings is 2. The lowest BCUT2D eigenvalue weighted by molar-refractivity contribution is -0.111. The quantitative estimate of drug-likeness (QED) is 0.865. The molecule has 4 heteroatoms. The number of likely N-dealkylation sites (N-methyl/N-ethyl adjacent to an activating group) is 1. The second-order valence-corrected chi connectivity index (χ2v) is 6.28. The van der Waals surface area contributed by atoms with Gasteiger partial charge in [0, 0.05) is 29.9 Å². The lowest BCUT2D eigenvalue weighted by Gasteiger charge is -2.25. The molecule has 23 heavy (non-hydrogen) atoms.